The summed E-state index contributed by atoms with van der Waals surface area (Å²) in [7, 11) is 1.62. The third-order valence-corrected chi connectivity index (χ3v) is 5.12. The van der Waals surface area contributed by atoms with E-state index in [2.05, 4.69) is 18.4 Å². The zero-order valence-electron chi connectivity index (χ0n) is 12.4. The molecule has 1 aliphatic rings. The lowest BCUT2D eigenvalue weighted by atomic mass is 10.3. The number of carbonyl (C=O) groups excluding carboxylic acids is 1. The lowest BCUT2D eigenvalue weighted by Crippen LogP contribution is -2.32. The number of methoxy groups -OCH3 is 1. The first-order valence-corrected chi connectivity index (χ1v) is 8.18. The number of nitrogens with zero attached hydrogens (tertiary/aromatic N) is 2. The van der Waals surface area contributed by atoms with Gasteiger partial charge in [-0.3, -0.25) is 9.69 Å². The predicted octanol–water partition coefficient (Wildman–Crippen LogP) is 3.20. The number of ether oxygens (including phenoxy) is 1. The minimum atomic E-state index is 0.00405. The van der Waals surface area contributed by atoms with Crippen LogP contribution in [0.5, 0.6) is 5.75 Å². The van der Waals surface area contributed by atoms with E-state index < -0.39 is 0 Å². The molecule has 0 saturated carbocycles. The van der Waals surface area contributed by atoms with E-state index in [1.165, 1.54) is 10.4 Å². The van der Waals surface area contributed by atoms with E-state index in [0.717, 1.165) is 11.4 Å². The van der Waals surface area contributed by atoms with Gasteiger partial charge in [-0.25, -0.2) is 0 Å². The molecule has 1 aromatic carbocycles. The van der Waals surface area contributed by atoms with Gasteiger partial charge in [0.05, 0.1) is 19.3 Å². The molecular formula is C16H16N2O2S2. The van der Waals surface area contributed by atoms with Crippen molar-refractivity contribution in [3.63, 3.8) is 0 Å². The summed E-state index contributed by atoms with van der Waals surface area (Å²) in [5, 5.41) is 2.62. The van der Waals surface area contributed by atoms with Crippen LogP contribution >= 0.6 is 23.6 Å². The summed E-state index contributed by atoms with van der Waals surface area (Å²) in [6.45, 7) is 3.08. The Kier molecular flexibility index (Phi) is 4.13. The van der Waals surface area contributed by atoms with Gasteiger partial charge in [0.15, 0.2) is 5.11 Å². The van der Waals surface area contributed by atoms with Crippen molar-refractivity contribution in [1.82, 2.24) is 4.90 Å². The highest BCUT2D eigenvalue weighted by Crippen LogP contribution is 2.26. The highest BCUT2D eigenvalue weighted by atomic mass is 32.1. The van der Waals surface area contributed by atoms with Crippen molar-refractivity contribution in [3.05, 3.63) is 46.2 Å². The van der Waals surface area contributed by atoms with Gasteiger partial charge in [0.25, 0.3) is 5.91 Å². The molecule has 1 aromatic heterocycles. The summed E-state index contributed by atoms with van der Waals surface area (Å²) in [6.07, 6.45) is 0. The second-order valence-electron chi connectivity index (χ2n) is 5.09. The molecule has 0 N–H and O–H groups in total. The molecule has 1 aliphatic heterocycles. The van der Waals surface area contributed by atoms with Gasteiger partial charge in [-0.05, 0) is 60.4 Å². The summed E-state index contributed by atoms with van der Waals surface area (Å²) in [4.78, 5) is 17.1. The lowest BCUT2D eigenvalue weighted by molar-refractivity contribution is -0.116. The SMILES string of the molecule is COc1ccc(N2C(=O)CN(Cc3sccc3C)C2=S)cc1. The van der Waals surface area contributed by atoms with Crippen LogP contribution in [0.2, 0.25) is 0 Å². The number of thiophene rings is 1. The van der Waals surface area contributed by atoms with Crippen LogP contribution in [0.3, 0.4) is 0 Å². The van der Waals surface area contributed by atoms with Crippen molar-refractivity contribution < 1.29 is 9.53 Å². The number of carbonyl (C=O) groups is 1. The maximum Gasteiger partial charge on any atom is 0.252 e. The molecule has 0 bridgehead atoms. The quantitative estimate of drug-likeness (QED) is 0.805. The first-order chi connectivity index (χ1) is 10.6. The van der Waals surface area contributed by atoms with Gasteiger partial charge in [-0.15, -0.1) is 11.3 Å². The summed E-state index contributed by atoms with van der Waals surface area (Å²) in [5.74, 6) is 0.761. The second-order valence-corrected chi connectivity index (χ2v) is 6.46. The van der Waals surface area contributed by atoms with Crippen molar-refractivity contribution >= 4 is 40.3 Å². The number of benzene rings is 1. The van der Waals surface area contributed by atoms with Gasteiger partial charge in [0.1, 0.15) is 12.3 Å². The maximum absolute atomic E-state index is 12.3. The van der Waals surface area contributed by atoms with E-state index in [9.17, 15) is 4.79 Å². The van der Waals surface area contributed by atoms with Crippen LogP contribution in [-0.4, -0.2) is 29.6 Å². The van der Waals surface area contributed by atoms with Crippen LogP contribution in [-0.2, 0) is 11.3 Å². The number of rotatable bonds is 4. The topological polar surface area (TPSA) is 32.8 Å². The minimum absolute atomic E-state index is 0.00405. The van der Waals surface area contributed by atoms with Gasteiger partial charge in [0, 0.05) is 4.88 Å². The second kappa shape index (κ2) is 6.06. The molecule has 2 aromatic rings. The molecule has 0 radical (unpaired) electrons. The van der Waals surface area contributed by atoms with Gasteiger partial charge < -0.3 is 9.64 Å². The molecule has 1 amide bonds. The first kappa shape index (κ1) is 15.0. The van der Waals surface area contributed by atoms with Crippen LogP contribution in [0.4, 0.5) is 5.69 Å². The molecule has 114 valence electrons. The zero-order chi connectivity index (χ0) is 15.7. The summed E-state index contributed by atoms with van der Waals surface area (Å²) >= 11 is 7.20. The Hall–Kier alpha value is -1.92. The molecule has 0 unspecified atom stereocenters. The molecule has 1 fully saturated rings. The molecule has 6 heteroatoms. The fourth-order valence-corrected chi connectivity index (χ4v) is 3.66. The van der Waals surface area contributed by atoms with E-state index in [0.29, 0.717) is 18.2 Å². The first-order valence-electron chi connectivity index (χ1n) is 6.89. The Morgan fingerprint density at radius 3 is 2.59 bits per heavy atom. The highest BCUT2D eigenvalue weighted by Gasteiger charge is 2.34. The van der Waals surface area contributed by atoms with Crippen molar-refractivity contribution in [1.29, 1.82) is 0 Å². The number of hydrogen-bond donors (Lipinski definition) is 0. The van der Waals surface area contributed by atoms with E-state index in [1.54, 1.807) is 23.3 Å². The van der Waals surface area contributed by atoms with Gasteiger partial charge in [0.2, 0.25) is 0 Å². The standard InChI is InChI=1S/C16H16N2O2S2/c1-11-7-8-22-14(11)9-17-10-15(19)18(16(17)21)12-3-5-13(20-2)6-4-12/h3-8H,9-10H2,1-2H3. The third kappa shape index (κ3) is 2.71. The Bertz CT molecular complexity index is 709. The highest BCUT2D eigenvalue weighted by molar-refractivity contribution is 7.80. The fourth-order valence-electron chi connectivity index (χ4n) is 2.40. The third-order valence-electron chi connectivity index (χ3n) is 3.67. The smallest absolute Gasteiger partial charge is 0.252 e. The van der Waals surface area contributed by atoms with E-state index in [-0.39, 0.29) is 5.91 Å². The van der Waals surface area contributed by atoms with Crippen molar-refractivity contribution in [2.75, 3.05) is 18.6 Å². The zero-order valence-corrected chi connectivity index (χ0v) is 14.0. The molecule has 0 atom stereocenters. The number of anilines is 1. The molecule has 2 heterocycles. The Labute approximate surface area is 138 Å². The van der Waals surface area contributed by atoms with Crippen LogP contribution in [0.25, 0.3) is 0 Å². The molecule has 3 rings (SSSR count). The lowest BCUT2D eigenvalue weighted by Gasteiger charge is -2.20. The molecule has 0 aliphatic carbocycles. The van der Waals surface area contributed by atoms with Crippen molar-refractivity contribution in [2.24, 2.45) is 0 Å². The van der Waals surface area contributed by atoms with Gasteiger partial charge >= 0.3 is 0 Å². The van der Waals surface area contributed by atoms with E-state index in [4.69, 9.17) is 17.0 Å². The molecule has 1 saturated heterocycles. The molecule has 22 heavy (non-hydrogen) atoms. The normalized spacial score (nSPS) is 14.8. The van der Waals surface area contributed by atoms with Crippen LogP contribution < -0.4 is 9.64 Å². The van der Waals surface area contributed by atoms with Crippen LogP contribution in [0.15, 0.2) is 35.7 Å². The van der Waals surface area contributed by atoms with Crippen molar-refractivity contribution in [3.8, 4) is 5.75 Å². The monoisotopic (exact) mass is 332 g/mol. The maximum atomic E-state index is 12.3. The minimum Gasteiger partial charge on any atom is -0.497 e. The average Bonchev–Trinajstić information content (AvgIpc) is 3.04. The van der Waals surface area contributed by atoms with Crippen molar-refractivity contribution in [2.45, 2.75) is 13.5 Å². The average molecular weight is 332 g/mol. The van der Waals surface area contributed by atoms with Gasteiger partial charge in [-0.1, -0.05) is 0 Å². The van der Waals surface area contributed by atoms with Crippen LogP contribution in [0, 0.1) is 6.92 Å². The van der Waals surface area contributed by atoms with Crippen LogP contribution in [0.1, 0.15) is 10.4 Å². The van der Waals surface area contributed by atoms with E-state index >= 15 is 0 Å². The Balaban J connectivity index is 1.80. The number of thiocarbonyl (C=S) groups is 1. The molecular weight excluding hydrogens is 316 g/mol. The summed E-state index contributed by atoms with van der Waals surface area (Å²) < 4.78 is 5.14. The predicted molar refractivity (Wildman–Crippen MR) is 92.5 cm³/mol. The number of amides is 1. The number of hydrogen-bond acceptors (Lipinski definition) is 4. The summed E-state index contributed by atoms with van der Waals surface area (Å²) in [6, 6.07) is 9.45. The molecule has 0 spiro atoms. The molecule has 4 nitrogen and oxygen atoms in total. The largest absolute Gasteiger partial charge is 0.497 e. The van der Waals surface area contributed by atoms with Gasteiger partial charge in [-0.2, -0.15) is 0 Å². The van der Waals surface area contributed by atoms with E-state index in [1.807, 2.05) is 29.2 Å². The Morgan fingerprint density at radius 1 is 1.27 bits per heavy atom. The number of aryl methyl sites for hydroxylation is 1. The fraction of sp³-hybridized carbons (Fsp3) is 0.250. The Morgan fingerprint density at radius 2 is 2.00 bits per heavy atom. The summed E-state index contributed by atoms with van der Waals surface area (Å²) in [5.41, 5.74) is 2.02.